The van der Waals surface area contributed by atoms with E-state index in [1.54, 1.807) is 18.6 Å². The second-order valence-electron chi connectivity index (χ2n) is 3.13. The molecule has 2 aromatic heterocycles. The molecule has 0 saturated heterocycles. The summed E-state index contributed by atoms with van der Waals surface area (Å²) in [6, 6.07) is 3.84. The fraction of sp³-hybridized carbons (Fsp3) is 0.0909. The molecule has 0 bridgehead atoms. The standard InChI is InChI=1S/C11H8BrClN2/c1-7-9(12)6-15-11(13)10(7)8-2-4-14-5-3-8/h2-6H,1H3. The summed E-state index contributed by atoms with van der Waals surface area (Å²) >= 11 is 9.52. The van der Waals surface area contributed by atoms with Crippen LogP contribution in [0.2, 0.25) is 5.15 Å². The molecule has 2 heterocycles. The summed E-state index contributed by atoms with van der Waals surface area (Å²) in [7, 11) is 0. The van der Waals surface area contributed by atoms with Crippen LogP contribution in [0.3, 0.4) is 0 Å². The summed E-state index contributed by atoms with van der Waals surface area (Å²) in [6.45, 7) is 2.01. The first-order chi connectivity index (χ1) is 7.20. The van der Waals surface area contributed by atoms with Gasteiger partial charge in [-0.2, -0.15) is 0 Å². The summed E-state index contributed by atoms with van der Waals surface area (Å²) in [5.41, 5.74) is 3.07. The minimum Gasteiger partial charge on any atom is -0.265 e. The first kappa shape index (κ1) is 10.6. The third-order valence-corrected chi connectivity index (χ3v) is 3.29. The number of hydrogen-bond donors (Lipinski definition) is 0. The largest absolute Gasteiger partial charge is 0.265 e. The topological polar surface area (TPSA) is 25.8 Å². The van der Waals surface area contributed by atoms with E-state index in [0.717, 1.165) is 21.2 Å². The smallest absolute Gasteiger partial charge is 0.137 e. The Kier molecular flexibility index (Phi) is 3.03. The number of nitrogens with zero attached hydrogens (tertiary/aromatic N) is 2. The Balaban J connectivity index is 2.68. The lowest BCUT2D eigenvalue weighted by atomic mass is 10.0. The fourth-order valence-electron chi connectivity index (χ4n) is 1.40. The number of halogens is 2. The van der Waals surface area contributed by atoms with Crippen molar-refractivity contribution >= 4 is 27.5 Å². The van der Waals surface area contributed by atoms with Gasteiger partial charge in [0.2, 0.25) is 0 Å². The van der Waals surface area contributed by atoms with Crippen molar-refractivity contribution in [1.29, 1.82) is 0 Å². The van der Waals surface area contributed by atoms with Crippen molar-refractivity contribution in [2.75, 3.05) is 0 Å². The Morgan fingerprint density at radius 1 is 1.27 bits per heavy atom. The van der Waals surface area contributed by atoms with Crippen LogP contribution in [0.25, 0.3) is 11.1 Å². The summed E-state index contributed by atoms with van der Waals surface area (Å²) in [6.07, 6.45) is 5.19. The monoisotopic (exact) mass is 282 g/mol. The average molecular weight is 284 g/mol. The zero-order chi connectivity index (χ0) is 10.8. The van der Waals surface area contributed by atoms with E-state index in [9.17, 15) is 0 Å². The predicted octanol–water partition coefficient (Wildman–Crippen LogP) is 3.87. The molecular formula is C11H8BrClN2. The van der Waals surface area contributed by atoms with Crippen LogP contribution in [0.1, 0.15) is 5.56 Å². The molecule has 0 aliphatic rings. The molecule has 0 fully saturated rings. The first-order valence-corrected chi connectivity index (χ1v) is 5.58. The Labute approximate surface area is 101 Å². The van der Waals surface area contributed by atoms with E-state index in [1.165, 1.54) is 0 Å². The molecule has 0 aliphatic carbocycles. The maximum absolute atomic E-state index is 6.08. The molecule has 0 spiro atoms. The molecule has 0 atom stereocenters. The third kappa shape index (κ3) is 2.03. The van der Waals surface area contributed by atoms with Crippen LogP contribution in [-0.2, 0) is 0 Å². The zero-order valence-electron chi connectivity index (χ0n) is 8.04. The summed E-state index contributed by atoms with van der Waals surface area (Å²) < 4.78 is 0.957. The van der Waals surface area contributed by atoms with Crippen LogP contribution >= 0.6 is 27.5 Å². The van der Waals surface area contributed by atoms with Crippen LogP contribution < -0.4 is 0 Å². The number of hydrogen-bond acceptors (Lipinski definition) is 2. The number of aromatic nitrogens is 2. The highest BCUT2D eigenvalue weighted by molar-refractivity contribution is 9.10. The average Bonchev–Trinajstić information content (AvgIpc) is 2.26. The van der Waals surface area contributed by atoms with Gasteiger partial charge in [0.05, 0.1) is 0 Å². The van der Waals surface area contributed by atoms with Gasteiger partial charge in [-0.1, -0.05) is 11.6 Å². The quantitative estimate of drug-likeness (QED) is 0.743. The van der Waals surface area contributed by atoms with E-state index in [2.05, 4.69) is 25.9 Å². The Morgan fingerprint density at radius 3 is 2.60 bits per heavy atom. The second kappa shape index (κ2) is 4.29. The van der Waals surface area contributed by atoms with Gasteiger partial charge in [0.25, 0.3) is 0 Å². The van der Waals surface area contributed by atoms with Crippen LogP contribution in [0.4, 0.5) is 0 Å². The molecule has 15 heavy (non-hydrogen) atoms. The second-order valence-corrected chi connectivity index (χ2v) is 4.35. The molecule has 2 aromatic rings. The lowest BCUT2D eigenvalue weighted by molar-refractivity contribution is 1.25. The van der Waals surface area contributed by atoms with Gasteiger partial charge in [0.15, 0.2) is 0 Å². The van der Waals surface area contributed by atoms with Gasteiger partial charge in [0.1, 0.15) is 5.15 Å². The Hall–Kier alpha value is -0.930. The summed E-state index contributed by atoms with van der Waals surface area (Å²) in [5.74, 6) is 0. The number of rotatable bonds is 1. The maximum Gasteiger partial charge on any atom is 0.137 e. The maximum atomic E-state index is 6.08. The highest BCUT2D eigenvalue weighted by atomic mass is 79.9. The van der Waals surface area contributed by atoms with Gasteiger partial charge < -0.3 is 0 Å². The molecule has 0 radical (unpaired) electrons. The van der Waals surface area contributed by atoms with Crippen LogP contribution in [0.15, 0.2) is 35.2 Å². The molecule has 0 N–H and O–H groups in total. The Bertz CT molecular complexity index is 485. The number of pyridine rings is 2. The van der Waals surface area contributed by atoms with E-state index in [4.69, 9.17) is 11.6 Å². The molecule has 76 valence electrons. The van der Waals surface area contributed by atoms with Gasteiger partial charge in [-0.3, -0.25) is 4.98 Å². The molecule has 2 nitrogen and oxygen atoms in total. The van der Waals surface area contributed by atoms with Gasteiger partial charge >= 0.3 is 0 Å². The molecule has 0 amide bonds. The van der Waals surface area contributed by atoms with Crippen molar-refractivity contribution in [3.8, 4) is 11.1 Å². The molecule has 0 aliphatic heterocycles. The fourth-order valence-corrected chi connectivity index (χ4v) is 2.00. The molecule has 0 aromatic carbocycles. The van der Waals surface area contributed by atoms with E-state index in [-0.39, 0.29) is 0 Å². The minimum atomic E-state index is 0.516. The van der Waals surface area contributed by atoms with Crippen molar-refractivity contribution in [2.24, 2.45) is 0 Å². The predicted molar refractivity (Wildman–Crippen MR) is 64.9 cm³/mol. The van der Waals surface area contributed by atoms with Crippen LogP contribution in [0, 0.1) is 6.92 Å². The van der Waals surface area contributed by atoms with E-state index in [0.29, 0.717) is 5.15 Å². The molecule has 0 unspecified atom stereocenters. The summed E-state index contributed by atoms with van der Waals surface area (Å²) in [4.78, 5) is 8.09. The lowest BCUT2D eigenvalue weighted by Crippen LogP contribution is -1.89. The SMILES string of the molecule is Cc1c(Br)cnc(Cl)c1-c1ccncc1. The molecular weight excluding hydrogens is 275 g/mol. The van der Waals surface area contributed by atoms with Crippen molar-refractivity contribution in [3.63, 3.8) is 0 Å². The van der Waals surface area contributed by atoms with Crippen molar-refractivity contribution < 1.29 is 0 Å². The van der Waals surface area contributed by atoms with Gasteiger partial charge in [-0.05, 0) is 46.1 Å². The summed E-state index contributed by atoms with van der Waals surface area (Å²) in [5, 5.41) is 0.516. The zero-order valence-corrected chi connectivity index (χ0v) is 10.4. The van der Waals surface area contributed by atoms with Gasteiger partial charge in [-0.15, -0.1) is 0 Å². The van der Waals surface area contributed by atoms with E-state index >= 15 is 0 Å². The third-order valence-electron chi connectivity index (χ3n) is 2.20. The van der Waals surface area contributed by atoms with E-state index in [1.807, 2.05) is 19.1 Å². The van der Waals surface area contributed by atoms with Crippen molar-refractivity contribution in [2.45, 2.75) is 6.92 Å². The normalized spacial score (nSPS) is 10.3. The van der Waals surface area contributed by atoms with E-state index < -0.39 is 0 Å². The van der Waals surface area contributed by atoms with Crippen molar-refractivity contribution in [3.05, 3.63) is 45.9 Å². The highest BCUT2D eigenvalue weighted by Gasteiger charge is 2.10. The molecule has 2 rings (SSSR count). The minimum absolute atomic E-state index is 0.516. The Morgan fingerprint density at radius 2 is 1.93 bits per heavy atom. The highest BCUT2D eigenvalue weighted by Crippen LogP contribution is 2.32. The van der Waals surface area contributed by atoms with Crippen LogP contribution in [0.5, 0.6) is 0 Å². The van der Waals surface area contributed by atoms with Crippen molar-refractivity contribution in [1.82, 2.24) is 9.97 Å². The van der Waals surface area contributed by atoms with Crippen LogP contribution in [-0.4, -0.2) is 9.97 Å². The lowest BCUT2D eigenvalue weighted by Gasteiger charge is -2.08. The first-order valence-electron chi connectivity index (χ1n) is 4.41. The van der Waals surface area contributed by atoms with Gasteiger partial charge in [-0.25, -0.2) is 4.98 Å². The molecule has 0 saturated carbocycles. The van der Waals surface area contributed by atoms with Gasteiger partial charge in [0, 0.05) is 28.6 Å². The molecule has 4 heteroatoms.